The number of carbonyl (C=O) groups is 2. The Balaban J connectivity index is 1.90. The second-order valence-corrected chi connectivity index (χ2v) is 11.9. The molecule has 3 fully saturated rings. The summed E-state index contributed by atoms with van der Waals surface area (Å²) < 4.78 is 22.8. The number of rotatable bonds is 14. The molecule has 21 heteroatoms. The molecule has 0 unspecified atom stereocenters. The van der Waals surface area contributed by atoms with E-state index in [1.54, 1.807) is 0 Å². The van der Waals surface area contributed by atoms with Gasteiger partial charge in [0.2, 0.25) is 11.8 Å². The standard InChI is InChI=1S/C26H50N6O15/c27-3-1-10(34)23(42)31-9-5-8(30)21(46-26-19(40)18(39)16(37)12(6-29)44-26)20(41)22(9)47-25-17(38)14(15(36)13(7-33)45-25)32-24(43)11(35)2-4-28/h8-22,25-26,33-41H,1-7,27-30H2,(H,31,42)(H,32,43)/t8-,9+,10-,11-,12+,13+,14-,15+,16+,17+,18-,19+,20-,21+,22-,25+,26+/m0/s1. The molecule has 3 aliphatic rings. The molecular weight excluding hydrogens is 636 g/mol. The lowest BCUT2D eigenvalue weighted by molar-refractivity contribution is -0.333. The third-order valence-corrected chi connectivity index (χ3v) is 8.51. The summed E-state index contributed by atoms with van der Waals surface area (Å²) in [6.45, 7) is -1.18. The molecule has 2 saturated heterocycles. The summed E-state index contributed by atoms with van der Waals surface area (Å²) in [5, 5.41) is 99.1. The number of carbonyl (C=O) groups excluding carboxylic acids is 2. The average molecular weight is 687 g/mol. The smallest absolute Gasteiger partial charge is 0.249 e. The van der Waals surface area contributed by atoms with Gasteiger partial charge >= 0.3 is 0 Å². The minimum atomic E-state index is -1.89. The average Bonchev–Trinajstić information content (AvgIpc) is 3.03. The minimum absolute atomic E-state index is 0.0363. The zero-order valence-electron chi connectivity index (χ0n) is 25.5. The van der Waals surface area contributed by atoms with Crippen molar-refractivity contribution in [1.82, 2.24) is 10.6 Å². The second kappa shape index (κ2) is 17.8. The third-order valence-electron chi connectivity index (χ3n) is 8.51. The molecule has 0 spiro atoms. The van der Waals surface area contributed by atoms with Crippen LogP contribution in [0.15, 0.2) is 0 Å². The lowest BCUT2D eigenvalue weighted by Crippen LogP contribution is -2.70. The lowest BCUT2D eigenvalue weighted by Gasteiger charge is -2.49. The summed E-state index contributed by atoms with van der Waals surface area (Å²) >= 11 is 0. The molecule has 21 nitrogen and oxygen atoms in total. The zero-order valence-corrected chi connectivity index (χ0v) is 25.5. The van der Waals surface area contributed by atoms with Crippen LogP contribution in [0.1, 0.15) is 19.3 Å². The first-order valence-electron chi connectivity index (χ1n) is 15.3. The van der Waals surface area contributed by atoms with Gasteiger partial charge in [0.1, 0.15) is 73.2 Å². The highest BCUT2D eigenvalue weighted by atomic mass is 16.7. The van der Waals surface area contributed by atoms with Crippen LogP contribution in [0.5, 0.6) is 0 Å². The molecule has 0 aromatic carbocycles. The predicted molar refractivity (Wildman–Crippen MR) is 155 cm³/mol. The molecular formula is C26H50N6O15. The summed E-state index contributed by atoms with van der Waals surface area (Å²) in [6, 6.07) is -3.92. The number of hydrogen-bond acceptors (Lipinski definition) is 19. The summed E-state index contributed by atoms with van der Waals surface area (Å²) in [5.41, 5.74) is 22.7. The maximum absolute atomic E-state index is 12.8. The molecule has 47 heavy (non-hydrogen) atoms. The van der Waals surface area contributed by atoms with Gasteiger partial charge in [-0.15, -0.1) is 0 Å². The fourth-order valence-electron chi connectivity index (χ4n) is 5.76. The quantitative estimate of drug-likeness (QED) is 0.0806. The fourth-order valence-corrected chi connectivity index (χ4v) is 5.76. The molecule has 2 amide bonds. The summed E-state index contributed by atoms with van der Waals surface area (Å²) in [5.74, 6) is -1.91. The number of ether oxygens (including phenoxy) is 4. The van der Waals surface area contributed by atoms with E-state index in [1.165, 1.54) is 0 Å². The van der Waals surface area contributed by atoms with Crippen molar-refractivity contribution in [2.24, 2.45) is 22.9 Å². The molecule has 17 atom stereocenters. The van der Waals surface area contributed by atoms with Gasteiger partial charge in [-0.25, -0.2) is 0 Å². The maximum Gasteiger partial charge on any atom is 0.249 e. The molecule has 2 heterocycles. The second-order valence-electron chi connectivity index (χ2n) is 11.9. The summed E-state index contributed by atoms with van der Waals surface area (Å²) in [4.78, 5) is 25.3. The van der Waals surface area contributed by atoms with Crippen molar-refractivity contribution in [3.8, 4) is 0 Å². The van der Waals surface area contributed by atoms with Crippen molar-refractivity contribution in [1.29, 1.82) is 0 Å². The normalized spacial score (nSPS) is 42.4. The molecule has 274 valence electrons. The Hall–Kier alpha value is -1.74. The van der Waals surface area contributed by atoms with E-state index in [4.69, 9.17) is 41.9 Å². The highest BCUT2D eigenvalue weighted by Crippen LogP contribution is 2.32. The van der Waals surface area contributed by atoms with Gasteiger partial charge in [0.15, 0.2) is 12.6 Å². The maximum atomic E-state index is 12.8. The number of hydrogen-bond donors (Lipinski definition) is 15. The van der Waals surface area contributed by atoms with Crippen LogP contribution in [-0.2, 0) is 28.5 Å². The molecule has 0 bridgehead atoms. The monoisotopic (exact) mass is 686 g/mol. The van der Waals surface area contributed by atoms with E-state index in [0.29, 0.717) is 0 Å². The Bertz CT molecular complexity index is 1000. The highest BCUT2D eigenvalue weighted by Gasteiger charge is 2.53. The number of nitrogens with one attached hydrogen (secondary N) is 2. The van der Waals surface area contributed by atoms with E-state index in [9.17, 15) is 55.5 Å². The SMILES string of the molecule is NCC[C@H](O)C(=O)N[C@@H]1[C@@H](O)[C@@H](O[C@@H]2[C@@H](O)[C@H](O[C@H]3O[C@H](CN)[C@@H](O)[C@H](O)[C@H]3O)[C@@H](N)C[C@H]2NC(=O)[C@@H](O)CCN)O[C@H](CO)[C@H]1O. The Morgan fingerprint density at radius 1 is 0.723 bits per heavy atom. The fraction of sp³-hybridized carbons (Fsp3) is 0.923. The van der Waals surface area contributed by atoms with Gasteiger partial charge in [-0.1, -0.05) is 0 Å². The first-order chi connectivity index (χ1) is 22.2. The van der Waals surface area contributed by atoms with Crippen molar-refractivity contribution in [2.45, 2.75) is 123 Å². The Morgan fingerprint density at radius 2 is 1.26 bits per heavy atom. The van der Waals surface area contributed by atoms with E-state index in [0.717, 1.165) is 0 Å². The van der Waals surface area contributed by atoms with Crippen molar-refractivity contribution in [3.05, 3.63) is 0 Å². The van der Waals surface area contributed by atoms with Crippen LogP contribution >= 0.6 is 0 Å². The first-order valence-corrected chi connectivity index (χ1v) is 15.3. The number of aliphatic hydroxyl groups is 9. The van der Waals surface area contributed by atoms with Crippen LogP contribution < -0.4 is 33.6 Å². The van der Waals surface area contributed by atoms with Crippen molar-refractivity contribution in [2.75, 3.05) is 26.2 Å². The van der Waals surface area contributed by atoms with Crippen LogP contribution in [-0.4, -0.2) is 188 Å². The number of nitrogens with two attached hydrogens (primary N) is 4. The van der Waals surface area contributed by atoms with Gasteiger partial charge in [-0.2, -0.15) is 0 Å². The third kappa shape index (κ3) is 9.29. The van der Waals surface area contributed by atoms with Crippen molar-refractivity contribution in [3.63, 3.8) is 0 Å². The van der Waals surface area contributed by atoms with Gasteiger partial charge in [0.05, 0.1) is 18.7 Å². The van der Waals surface area contributed by atoms with E-state index in [-0.39, 0.29) is 38.9 Å². The van der Waals surface area contributed by atoms with E-state index >= 15 is 0 Å². The topological polar surface area (TPSA) is 381 Å². The lowest BCUT2D eigenvalue weighted by atomic mass is 9.83. The Morgan fingerprint density at radius 3 is 1.81 bits per heavy atom. The van der Waals surface area contributed by atoms with Crippen LogP contribution in [0, 0.1) is 0 Å². The minimum Gasteiger partial charge on any atom is -0.394 e. The van der Waals surface area contributed by atoms with Crippen LogP contribution in [0.3, 0.4) is 0 Å². The van der Waals surface area contributed by atoms with Crippen LogP contribution in [0.2, 0.25) is 0 Å². The zero-order chi connectivity index (χ0) is 35.2. The predicted octanol–water partition coefficient (Wildman–Crippen LogP) is -9.56. The first kappa shape index (κ1) is 39.7. The van der Waals surface area contributed by atoms with Gasteiger partial charge in [0.25, 0.3) is 0 Å². The number of aliphatic hydroxyl groups excluding tert-OH is 9. The molecule has 19 N–H and O–H groups in total. The molecule has 3 rings (SSSR count). The Kier molecular flexibility index (Phi) is 15.0. The van der Waals surface area contributed by atoms with E-state index in [1.807, 2.05) is 0 Å². The molecule has 0 aromatic heterocycles. The van der Waals surface area contributed by atoms with E-state index < -0.39 is 122 Å². The van der Waals surface area contributed by atoms with Crippen molar-refractivity contribution >= 4 is 11.8 Å². The van der Waals surface area contributed by atoms with E-state index in [2.05, 4.69) is 10.6 Å². The summed E-state index contributed by atoms with van der Waals surface area (Å²) in [6.07, 6.45) is -23.3. The highest BCUT2D eigenvalue weighted by molar-refractivity contribution is 5.81. The molecule has 1 aliphatic carbocycles. The van der Waals surface area contributed by atoms with Gasteiger partial charge in [0, 0.05) is 12.6 Å². The van der Waals surface area contributed by atoms with Crippen LogP contribution in [0.4, 0.5) is 0 Å². The molecule has 0 radical (unpaired) electrons. The molecule has 0 aromatic rings. The van der Waals surface area contributed by atoms with Crippen LogP contribution in [0.25, 0.3) is 0 Å². The largest absolute Gasteiger partial charge is 0.394 e. The Labute approximate surface area is 269 Å². The summed E-state index contributed by atoms with van der Waals surface area (Å²) in [7, 11) is 0. The van der Waals surface area contributed by atoms with Crippen molar-refractivity contribution < 1.29 is 74.5 Å². The number of amides is 2. The molecule has 1 saturated carbocycles. The van der Waals surface area contributed by atoms with Gasteiger partial charge in [-0.3, -0.25) is 9.59 Å². The molecule has 2 aliphatic heterocycles. The van der Waals surface area contributed by atoms with Gasteiger partial charge < -0.3 is 98.5 Å². The van der Waals surface area contributed by atoms with Gasteiger partial charge in [-0.05, 0) is 32.4 Å².